The predicted molar refractivity (Wildman–Crippen MR) is 115 cm³/mol. The Hall–Kier alpha value is -3.41. The van der Waals surface area contributed by atoms with Crippen molar-refractivity contribution in [2.45, 2.75) is 40.0 Å². The molecule has 0 spiro atoms. The van der Waals surface area contributed by atoms with E-state index < -0.39 is 0 Å². The smallest absolute Gasteiger partial charge is 0.243 e. The Balaban J connectivity index is 1.60. The van der Waals surface area contributed by atoms with Crippen LogP contribution in [0.3, 0.4) is 0 Å². The van der Waals surface area contributed by atoms with Crippen LogP contribution in [0.15, 0.2) is 60.7 Å². The summed E-state index contributed by atoms with van der Waals surface area (Å²) in [6.45, 7) is 6.08. The first-order chi connectivity index (χ1) is 14.2. The molecule has 4 rings (SSSR count). The van der Waals surface area contributed by atoms with Crippen molar-refractivity contribution in [1.29, 1.82) is 0 Å². The highest BCUT2D eigenvalue weighted by Gasteiger charge is 2.12. The second-order valence-electron chi connectivity index (χ2n) is 7.12. The molecule has 0 amide bonds. The molecule has 3 aromatic carbocycles. The lowest BCUT2D eigenvalue weighted by atomic mass is 10.0. The number of hydrogen-bond acceptors (Lipinski definition) is 5. The fourth-order valence-electron chi connectivity index (χ4n) is 3.34. The Morgan fingerprint density at radius 1 is 1.00 bits per heavy atom. The minimum atomic E-state index is 0.527. The van der Waals surface area contributed by atoms with Gasteiger partial charge in [-0.2, -0.15) is 0 Å². The van der Waals surface area contributed by atoms with Crippen molar-refractivity contribution in [2.75, 3.05) is 5.32 Å². The van der Waals surface area contributed by atoms with Crippen molar-refractivity contribution in [1.82, 2.24) is 20.2 Å². The number of hydrogen-bond donors (Lipinski definition) is 1. The Morgan fingerprint density at radius 2 is 1.83 bits per heavy atom. The van der Waals surface area contributed by atoms with Gasteiger partial charge in [-0.1, -0.05) is 72.2 Å². The first-order valence-corrected chi connectivity index (χ1v) is 9.93. The summed E-state index contributed by atoms with van der Waals surface area (Å²) in [5.74, 6) is 1.54. The second-order valence-corrected chi connectivity index (χ2v) is 7.12. The Morgan fingerprint density at radius 3 is 2.66 bits per heavy atom. The lowest BCUT2D eigenvalue weighted by Gasteiger charge is -2.15. The van der Waals surface area contributed by atoms with Gasteiger partial charge in [-0.05, 0) is 46.2 Å². The largest absolute Gasteiger partial charge is 0.489 e. The molecule has 0 aliphatic heterocycles. The normalized spacial score (nSPS) is 11.0. The predicted octanol–water partition coefficient (Wildman–Crippen LogP) is 4.74. The third-order valence-corrected chi connectivity index (χ3v) is 4.90. The van der Waals surface area contributed by atoms with Crippen molar-refractivity contribution < 1.29 is 4.74 Å². The topological polar surface area (TPSA) is 64.9 Å². The van der Waals surface area contributed by atoms with Gasteiger partial charge in [0.15, 0.2) is 0 Å². The first kappa shape index (κ1) is 18.9. The fraction of sp³-hybridized carbons (Fsp3) is 0.261. The van der Waals surface area contributed by atoms with Crippen molar-refractivity contribution in [2.24, 2.45) is 0 Å². The SMILES string of the molecule is CCCn1nnnc1NCc1c(OCc2ccc(C)cc2)ccc2ccccc12. The van der Waals surface area contributed by atoms with Crippen LogP contribution >= 0.6 is 0 Å². The van der Waals surface area contributed by atoms with Crippen molar-refractivity contribution in [3.05, 3.63) is 77.4 Å². The number of tetrazole rings is 1. The van der Waals surface area contributed by atoms with E-state index in [2.05, 4.69) is 83.2 Å². The molecule has 0 aliphatic rings. The molecule has 1 N–H and O–H groups in total. The van der Waals surface area contributed by atoms with Gasteiger partial charge >= 0.3 is 0 Å². The third kappa shape index (κ3) is 4.37. The summed E-state index contributed by atoms with van der Waals surface area (Å²) in [6.07, 6.45) is 0.971. The summed E-state index contributed by atoms with van der Waals surface area (Å²) in [6, 6.07) is 20.9. The summed E-state index contributed by atoms with van der Waals surface area (Å²) >= 11 is 0. The monoisotopic (exact) mass is 387 g/mol. The maximum Gasteiger partial charge on any atom is 0.243 e. The zero-order chi connectivity index (χ0) is 20.1. The van der Waals surface area contributed by atoms with Crippen LogP contribution in [0, 0.1) is 6.92 Å². The number of ether oxygens (including phenoxy) is 1. The highest BCUT2D eigenvalue weighted by molar-refractivity contribution is 5.88. The average Bonchev–Trinajstić information content (AvgIpc) is 3.19. The lowest BCUT2D eigenvalue weighted by molar-refractivity contribution is 0.304. The number of nitrogens with one attached hydrogen (secondary N) is 1. The van der Waals surface area contributed by atoms with Crippen molar-refractivity contribution >= 4 is 16.7 Å². The molecule has 148 valence electrons. The van der Waals surface area contributed by atoms with Gasteiger partial charge in [0.2, 0.25) is 5.95 Å². The third-order valence-electron chi connectivity index (χ3n) is 4.90. The second kappa shape index (κ2) is 8.73. The van der Waals surface area contributed by atoms with Crippen LogP contribution in [0.25, 0.3) is 10.8 Å². The molecule has 1 heterocycles. The molecule has 4 aromatic rings. The minimum absolute atomic E-state index is 0.527. The van der Waals surface area contributed by atoms with Crippen molar-refractivity contribution in [3.63, 3.8) is 0 Å². The van der Waals surface area contributed by atoms with E-state index in [0.29, 0.717) is 19.1 Å². The fourth-order valence-corrected chi connectivity index (χ4v) is 3.34. The average molecular weight is 387 g/mol. The Labute approximate surface area is 170 Å². The van der Waals surface area contributed by atoms with Crippen LogP contribution in [0.2, 0.25) is 0 Å². The maximum absolute atomic E-state index is 6.22. The van der Waals surface area contributed by atoms with E-state index in [1.165, 1.54) is 10.9 Å². The number of benzene rings is 3. The highest BCUT2D eigenvalue weighted by Crippen LogP contribution is 2.29. The van der Waals surface area contributed by atoms with Crippen LogP contribution < -0.4 is 10.1 Å². The molecule has 1 aromatic heterocycles. The highest BCUT2D eigenvalue weighted by atomic mass is 16.5. The molecule has 6 nitrogen and oxygen atoms in total. The summed E-state index contributed by atoms with van der Waals surface area (Å²) in [5.41, 5.74) is 3.49. The van der Waals surface area contributed by atoms with Gasteiger partial charge in [0.25, 0.3) is 0 Å². The van der Waals surface area contributed by atoms with Crippen LogP contribution in [0.5, 0.6) is 5.75 Å². The molecular weight excluding hydrogens is 362 g/mol. The van der Waals surface area contributed by atoms with E-state index in [1.807, 2.05) is 12.1 Å². The number of fused-ring (bicyclic) bond motifs is 1. The number of rotatable bonds is 8. The molecule has 0 fully saturated rings. The minimum Gasteiger partial charge on any atom is -0.489 e. The molecule has 0 saturated carbocycles. The van der Waals surface area contributed by atoms with E-state index in [4.69, 9.17) is 4.74 Å². The van der Waals surface area contributed by atoms with E-state index in [0.717, 1.165) is 35.2 Å². The van der Waals surface area contributed by atoms with Gasteiger partial charge in [0.1, 0.15) is 12.4 Å². The van der Waals surface area contributed by atoms with Crippen LogP contribution in [-0.2, 0) is 19.7 Å². The van der Waals surface area contributed by atoms with Crippen LogP contribution in [0.4, 0.5) is 5.95 Å². The lowest BCUT2D eigenvalue weighted by Crippen LogP contribution is -2.10. The molecule has 6 heteroatoms. The number of anilines is 1. The van der Waals surface area contributed by atoms with Gasteiger partial charge in [-0.25, -0.2) is 4.68 Å². The van der Waals surface area contributed by atoms with Crippen LogP contribution in [0.1, 0.15) is 30.0 Å². The standard InChI is InChI=1S/C23H25N5O/c1-3-14-28-23(25-26-27-28)24-15-21-20-7-5-4-6-19(20)12-13-22(21)29-16-18-10-8-17(2)9-11-18/h4-13H,3,14-16H2,1-2H3,(H,24,25,27). The molecule has 0 atom stereocenters. The maximum atomic E-state index is 6.22. The van der Waals surface area contributed by atoms with Gasteiger partial charge in [-0.3, -0.25) is 0 Å². The van der Waals surface area contributed by atoms with Gasteiger partial charge in [0.05, 0.1) is 0 Å². The number of aryl methyl sites for hydroxylation is 2. The summed E-state index contributed by atoms with van der Waals surface area (Å²) in [7, 11) is 0. The number of aromatic nitrogens is 4. The molecule has 0 unspecified atom stereocenters. The first-order valence-electron chi connectivity index (χ1n) is 9.93. The van der Waals surface area contributed by atoms with E-state index in [1.54, 1.807) is 4.68 Å². The molecule has 29 heavy (non-hydrogen) atoms. The van der Waals surface area contributed by atoms with E-state index in [9.17, 15) is 0 Å². The van der Waals surface area contributed by atoms with E-state index in [-0.39, 0.29) is 0 Å². The molecule has 0 bridgehead atoms. The molecular formula is C23H25N5O. The number of nitrogens with zero attached hydrogens (tertiary/aromatic N) is 4. The van der Waals surface area contributed by atoms with Crippen molar-refractivity contribution in [3.8, 4) is 5.75 Å². The summed E-state index contributed by atoms with van der Waals surface area (Å²) in [5, 5.41) is 17.7. The van der Waals surface area contributed by atoms with Crippen LogP contribution in [-0.4, -0.2) is 20.2 Å². The molecule has 0 radical (unpaired) electrons. The van der Waals surface area contributed by atoms with Gasteiger partial charge in [-0.15, -0.1) is 0 Å². The quantitative estimate of drug-likeness (QED) is 0.473. The Kier molecular flexibility index (Phi) is 5.70. The van der Waals surface area contributed by atoms with Gasteiger partial charge < -0.3 is 10.1 Å². The molecule has 0 aliphatic carbocycles. The summed E-state index contributed by atoms with van der Waals surface area (Å²) < 4.78 is 8.01. The van der Waals surface area contributed by atoms with E-state index >= 15 is 0 Å². The Bertz CT molecular complexity index is 1090. The zero-order valence-electron chi connectivity index (χ0n) is 16.8. The summed E-state index contributed by atoms with van der Waals surface area (Å²) in [4.78, 5) is 0. The zero-order valence-corrected chi connectivity index (χ0v) is 16.8. The molecule has 0 saturated heterocycles. The van der Waals surface area contributed by atoms with Gasteiger partial charge in [0, 0.05) is 18.7 Å².